The molecule has 0 saturated carbocycles. The number of hydrogen-bond acceptors (Lipinski definition) is 5. The third-order valence-corrected chi connectivity index (χ3v) is 5.43. The molecule has 0 N–H and O–H groups in total. The second-order valence-electron chi connectivity index (χ2n) is 6.25. The standard InChI is InChI=1S/C10H11NS.C9H10N2S.C2H6/c1-7(2)8-4-3-5-9-10(8)11-6-12-9;1-6(2)8-9-7(3-4-10-8)12-5-11-9;1-2/h3-7H,1-2H3;3-6H,1-2H3;1-2H3. The van der Waals surface area contributed by atoms with Crippen molar-refractivity contribution >= 4 is 43.1 Å². The monoisotopic (exact) mass is 385 g/mol. The van der Waals surface area contributed by atoms with Crippen LogP contribution in [0, 0.1) is 0 Å². The van der Waals surface area contributed by atoms with Gasteiger partial charge in [0.15, 0.2) is 0 Å². The fourth-order valence-corrected chi connectivity index (χ4v) is 4.00. The van der Waals surface area contributed by atoms with Gasteiger partial charge >= 0.3 is 0 Å². The van der Waals surface area contributed by atoms with E-state index in [-0.39, 0.29) is 0 Å². The van der Waals surface area contributed by atoms with E-state index in [2.05, 4.69) is 60.8 Å². The minimum Gasteiger partial charge on any atom is -0.259 e. The quantitative estimate of drug-likeness (QED) is 0.364. The largest absolute Gasteiger partial charge is 0.259 e. The van der Waals surface area contributed by atoms with Crippen LogP contribution in [0.25, 0.3) is 20.4 Å². The lowest BCUT2D eigenvalue weighted by atomic mass is 10.0. The van der Waals surface area contributed by atoms with Gasteiger partial charge in [0.1, 0.15) is 5.52 Å². The maximum Gasteiger partial charge on any atom is 0.103 e. The molecule has 3 heterocycles. The van der Waals surface area contributed by atoms with Crippen LogP contribution in [-0.2, 0) is 0 Å². The fourth-order valence-electron chi connectivity index (χ4n) is 2.61. The lowest BCUT2D eigenvalue weighted by Crippen LogP contribution is -1.92. The molecule has 3 aromatic heterocycles. The molecule has 0 saturated heterocycles. The molecule has 0 aliphatic rings. The number of hydrogen-bond donors (Lipinski definition) is 0. The Labute approximate surface area is 164 Å². The summed E-state index contributed by atoms with van der Waals surface area (Å²) in [5.41, 5.74) is 8.49. The van der Waals surface area contributed by atoms with Gasteiger partial charge in [-0.15, -0.1) is 22.7 Å². The molecule has 4 rings (SSSR count). The Morgan fingerprint density at radius 1 is 0.731 bits per heavy atom. The zero-order valence-corrected chi connectivity index (χ0v) is 18.0. The molecule has 4 aromatic rings. The van der Waals surface area contributed by atoms with Crippen LogP contribution in [0.4, 0.5) is 0 Å². The van der Waals surface area contributed by atoms with Crippen LogP contribution in [0.15, 0.2) is 41.5 Å². The van der Waals surface area contributed by atoms with E-state index in [4.69, 9.17) is 0 Å². The first-order valence-electron chi connectivity index (χ1n) is 9.08. The third-order valence-electron chi connectivity index (χ3n) is 3.84. The van der Waals surface area contributed by atoms with Crippen molar-refractivity contribution in [3.8, 4) is 0 Å². The van der Waals surface area contributed by atoms with Crippen molar-refractivity contribution < 1.29 is 0 Å². The minimum atomic E-state index is 0.454. The second kappa shape index (κ2) is 9.74. The van der Waals surface area contributed by atoms with Crippen molar-refractivity contribution in [1.29, 1.82) is 0 Å². The summed E-state index contributed by atoms with van der Waals surface area (Å²) < 4.78 is 2.52. The Morgan fingerprint density at radius 2 is 1.35 bits per heavy atom. The number of nitrogens with zero attached hydrogens (tertiary/aromatic N) is 3. The Morgan fingerprint density at radius 3 is 1.96 bits per heavy atom. The maximum atomic E-state index is 4.36. The van der Waals surface area contributed by atoms with Crippen LogP contribution >= 0.6 is 22.7 Å². The average molecular weight is 386 g/mol. The van der Waals surface area contributed by atoms with Gasteiger partial charge in [-0.05, 0) is 29.5 Å². The summed E-state index contributed by atoms with van der Waals surface area (Å²) in [5.74, 6) is 1.02. The van der Waals surface area contributed by atoms with E-state index < -0.39 is 0 Å². The predicted molar refractivity (Wildman–Crippen MR) is 117 cm³/mol. The molecule has 0 amide bonds. The molecule has 0 atom stereocenters. The van der Waals surface area contributed by atoms with Gasteiger partial charge in [0, 0.05) is 6.20 Å². The van der Waals surface area contributed by atoms with E-state index >= 15 is 0 Å². The number of aromatic nitrogens is 3. The predicted octanol–water partition coefficient (Wildman–Crippen LogP) is 7.26. The maximum absolute atomic E-state index is 4.36. The highest BCUT2D eigenvalue weighted by Crippen LogP contribution is 2.26. The molecule has 0 unspecified atom stereocenters. The highest BCUT2D eigenvalue weighted by atomic mass is 32.1. The molecule has 0 radical (unpaired) electrons. The summed E-state index contributed by atoms with van der Waals surface area (Å²) in [7, 11) is 0. The number of pyridine rings is 1. The van der Waals surface area contributed by atoms with Crippen molar-refractivity contribution in [3.63, 3.8) is 0 Å². The third kappa shape index (κ3) is 4.65. The van der Waals surface area contributed by atoms with Gasteiger partial charge in [0.05, 0.1) is 31.6 Å². The van der Waals surface area contributed by atoms with Gasteiger partial charge in [-0.2, -0.15) is 0 Å². The summed E-state index contributed by atoms with van der Waals surface area (Å²) in [6.07, 6.45) is 1.86. The summed E-state index contributed by atoms with van der Waals surface area (Å²) in [6.45, 7) is 12.7. The first-order chi connectivity index (χ1) is 12.6. The molecule has 5 heteroatoms. The van der Waals surface area contributed by atoms with E-state index in [0.29, 0.717) is 11.8 Å². The van der Waals surface area contributed by atoms with Crippen molar-refractivity contribution in [2.24, 2.45) is 0 Å². The summed E-state index contributed by atoms with van der Waals surface area (Å²) in [4.78, 5) is 13.0. The van der Waals surface area contributed by atoms with Gasteiger partial charge < -0.3 is 0 Å². The van der Waals surface area contributed by atoms with Gasteiger partial charge in [-0.3, -0.25) is 4.98 Å². The normalized spacial score (nSPS) is 10.6. The van der Waals surface area contributed by atoms with E-state index in [1.54, 1.807) is 22.7 Å². The Hall–Kier alpha value is -1.85. The number of para-hydroxylation sites is 1. The lowest BCUT2D eigenvalue weighted by Gasteiger charge is -2.04. The first kappa shape index (κ1) is 20.5. The molecule has 0 fully saturated rings. The molecular weight excluding hydrogens is 358 g/mol. The molecule has 0 spiro atoms. The molecule has 0 aliphatic heterocycles. The summed E-state index contributed by atoms with van der Waals surface area (Å²) in [5, 5.41) is 0. The van der Waals surface area contributed by atoms with Crippen LogP contribution in [0.2, 0.25) is 0 Å². The molecule has 0 bridgehead atoms. The first-order valence-corrected chi connectivity index (χ1v) is 10.8. The summed E-state index contributed by atoms with van der Waals surface area (Å²) >= 11 is 3.38. The summed E-state index contributed by atoms with van der Waals surface area (Å²) in [6, 6.07) is 8.40. The van der Waals surface area contributed by atoms with E-state index in [9.17, 15) is 0 Å². The van der Waals surface area contributed by atoms with Crippen LogP contribution in [0.3, 0.4) is 0 Å². The molecule has 3 nitrogen and oxygen atoms in total. The fraction of sp³-hybridized carbons (Fsp3) is 0.381. The smallest absolute Gasteiger partial charge is 0.103 e. The number of rotatable bonds is 2. The second-order valence-corrected chi connectivity index (χ2v) is 8.02. The van der Waals surface area contributed by atoms with Crippen molar-refractivity contribution in [3.05, 3.63) is 52.7 Å². The average Bonchev–Trinajstić information content (AvgIpc) is 3.32. The topological polar surface area (TPSA) is 38.7 Å². The van der Waals surface area contributed by atoms with Gasteiger partial charge in [0.2, 0.25) is 0 Å². The van der Waals surface area contributed by atoms with Gasteiger partial charge in [-0.1, -0.05) is 53.7 Å². The SMILES string of the molecule is CC.CC(C)c1cccc2scnc12.CC(C)c1nccc2scnc12. The van der Waals surface area contributed by atoms with Crippen molar-refractivity contribution in [1.82, 2.24) is 15.0 Å². The van der Waals surface area contributed by atoms with Crippen LogP contribution in [0.5, 0.6) is 0 Å². The molecular formula is C21H27N3S2. The van der Waals surface area contributed by atoms with E-state index in [1.165, 1.54) is 20.5 Å². The lowest BCUT2D eigenvalue weighted by molar-refractivity contribution is 0.831. The number of thiazole rings is 2. The highest BCUT2D eigenvalue weighted by molar-refractivity contribution is 7.17. The van der Waals surface area contributed by atoms with E-state index in [0.717, 1.165) is 11.2 Å². The Bertz CT molecular complexity index is 860. The molecule has 138 valence electrons. The van der Waals surface area contributed by atoms with Gasteiger partial charge in [-0.25, -0.2) is 9.97 Å². The van der Waals surface area contributed by atoms with Gasteiger partial charge in [0.25, 0.3) is 0 Å². The highest BCUT2D eigenvalue weighted by Gasteiger charge is 2.07. The Kier molecular flexibility index (Phi) is 7.66. The number of benzene rings is 1. The zero-order chi connectivity index (χ0) is 19.1. The zero-order valence-electron chi connectivity index (χ0n) is 16.4. The minimum absolute atomic E-state index is 0.454. The molecule has 1 aromatic carbocycles. The van der Waals surface area contributed by atoms with E-state index in [1.807, 2.05) is 37.1 Å². The van der Waals surface area contributed by atoms with Crippen LogP contribution < -0.4 is 0 Å². The van der Waals surface area contributed by atoms with Crippen molar-refractivity contribution in [2.45, 2.75) is 53.4 Å². The van der Waals surface area contributed by atoms with Crippen LogP contribution in [0.1, 0.15) is 64.6 Å². The molecule has 0 aliphatic carbocycles. The number of fused-ring (bicyclic) bond motifs is 2. The van der Waals surface area contributed by atoms with Crippen molar-refractivity contribution in [2.75, 3.05) is 0 Å². The Balaban J connectivity index is 0.000000171. The van der Waals surface area contributed by atoms with Crippen LogP contribution in [-0.4, -0.2) is 15.0 Å². The molecule has 26 heavy (non-hydrogen) atoms.